The number of carbonyl (C=O) groups excluding carboxylic acids is 1. The van der Waals surface area contributed by atoms with E-state index in [2.05, 4.69) is 10.2 Å². The van der Waals surface area contributed by atoms with Crippen molar-refractivity contribution >= 4 is 23.2 Å². The minimum atomic E-state index is -0.421. The van der Waals surface area contributed by atoms with Crippen LogP contribution in [0.5, 0.6) is 0 Å². The van der Waals surface area contributed by atoms with Gasteiger partial charge in [0.15, 0.2) is 0 Å². The molecular formula is C15H20ClN3O. The molecule has 2 fully saturated rings. The molecule has 2 heterocycles. The van der Waals surface area contributed by atoms with Crippen LogP contribution in [0, 0.1) is 0 Å². The summed E-state index contributed by atoms with van der Waals surface area (Å²) in [6.45, 7) is 2.39. The standard InChI is InChI=1S/C15H20ClN3O/c16-13-4-3-10(15(17)20)8-14(13)18-11-5-7-19-6-1-2-12(19)9-11/h3-4,8,11-12,18H,1-2,5-7,9H2,(H2,17,20). The van der Waals surface area contributed by atoms with E-state index < -0.39 is 5.91 Å². The van der Waals surface area contributed by atoms with Crippen molar-refractivity contribution in [3.63, 3.8) is 0 Å². The topological polar surface area (TPSA) is 58.4 Å². The van der Waals surface area contributed by atoms with Gasteiger partial charge in [-0.3, -0.25) is 4.79 Å². The van der Waals surface area contributed by atoms with Crippen molar-refractivity contribution in [2.45, 2.75) is 37.8 Å². The highest BCUT2D eigenvalue weighted by Crippen LogP contribution is 2.30. The summed E-state index contributed by atoms with van der Waals surface area (Å²) in [5.74, 6) is -0.421. The number of hydrogen-bond acceptors (Lipinski definition) is 3. The minimum absolute atomic E-state index is 0.421. The Bertz CT molecular complexity index is 520. The molecule has 20 heavy (non-hydrogen) atoms. The number of piperidine rings is 1. The molecule has 4 nitrogen and oxygen atoms in total. The van der Waals surface area contributed by atoms with Crippen LogP contribution >= 0.6 is 11.6 Å². The number of fused-ring (bicyclic) bond motifs is 1. The Labute approximate surface area is 124 Å². The Kier molecular flexibility index (Phi) is 3.85. The molecule has 0 spiro atoms. The first kappa shape index (κ1) is 13.7. The predicted octanol–water partition coefficient (Wildman–Crippen LogP) is 2.48. The van der Waals surface area contributed by atoms with Crippen LogP contribution in [0.1, 0.15) is 36.0 Å². The van der Waals surface area contributed by atoms with Gasteiger partial charge in [-0.25, -0.2) is 0 Å². The zero-order valence-electron chi connectivity index (χ0n) is 11.4. The van der Waals surface area contributed by atoms with E-state index in [9.17, 15) is 4.79 Å². The first-order valence-corrected chi connectivity index (χ1v) is 7.61. The molecule has 1 aromatic rings. The number of rotatable bonds is 3. The fourth-order valence-corrected chi connectivity index (χ4v) is 3.54. The van der Waals surface area contributed by atoms with E-state index in [0.29, 0.717) is 22.7 Å². The number of primary amides is 1. The first-order chi connectivity index (χ1) is 9.63. The van der Waals surface area contributed by atoms with Crippen molar-refractivity contribution in [2.24, 2.45) is 5.73 Å². The lowest BCUT2D eigenvalue weighted by atomic mass is 9.97. The third-order valence-electron chi connectivity index (χ3n) is 4.43. The van der Waals surface area contributed by atoms with E-state index in [-0.39, 0.29) is 0 Å². The van der Waals surface area contributed by atoms with E-state index in [0.717, 1.165) is 25.1 Å². The van der Waals surface area contributed by atoms with Crippen molar-refractivity contribution in [3.8, 4) is 0 Å². The Morgan fingerprint density at radius 3 is 3.00 bits per heavy atom. The zero-order valence-corrected chi connectivity index (χ0v) is 12.2. The van der Waals surface area contributed by atoms with E-state index in [4.69, 9.17) is 17.3 Å². The van der Waals surface area contributed by atoms with Crippen LogP contribution in [-0.2, 0) is 0 Å². The number of halogens is 1. The lowest BCUT2D eigenvalue weighted by molar-refractivity contribution is 0.100. The largest absolute Gasteiger partial charge is 0.381 e. The average Bonchev–Trinajstić information content (AvgIpc) is 2.88. The molecule has 5 heteroatoms. The highest BCUT2D eigenvalue weighted by molar-refractivity contribution is 6.33. The molecule has 3 rings (SSSR count). The second-order valence-corrected chi connectivity index (χ2v) is 6.16. The Morgan fingerprint density at radius 2 is 2.20 bits per heavy atom. The Morgan fingerprint density at radius 1 is 1.35 bits per heavy atom. The third kappa shape index (κ3) is 2.76. The predicted molar refractivity (Wildman–Crippen MR) is 81.2 cm³/mol. The number of carbonyl (C=O) groups is 1. The van der Waals surface area contributed by atoms with Gasteiger partial charge in [-0.2, -0.15) is 0 Å². The summed E-state index contributed by atoms with van der Waals surface area (Å²) in [6.07, 6.45) is 4.88. The highest BCUT2D eigenvalue weighted by atomic mass is 35.5. The van der Waals surface area contributed by atoms with Crippen molar-refractivity contribution in [2.75, 3.05) is 18.4 Å². The summed E-state index contributed by atoms with van der Waals surface area (Å²) >= 11 is 6.21. The smallest absolute Gasteiger partial charge is 0.248 e. The lowest BCUT2D eigenvalue weighted by Gasteiger charge is -2.35. The number of nitrogens with zero attached hydrogens (tertiary/aromatic N) is 1. The van der Waals surface area contributed by atoms with Gasteiger partial charge in [0.25, 0.3) is 0 Å². The number of anilines is 1. The van der Waals surface area contributed by atoms with Gasteiger partial charge in [-0.05, 0) is 50.4 Å². The Balaban J connectivity index is 1.71. The molecule has 0 aromatic heterocycles. The fraction of sp³-hybridized carbons (Fsp3) is 0.533. The van der Waals surface area contributed by atoms with Crippen molar-refractivity contribution < 1.29 is 4.79 Å². The number of nitrogens with two attached hydrogens (primary N) is 1. The molecule has 0 bridgehead atoms. The molecule has 2 atom stereocenters. The van der Waals surface area contributed by atoms with Crippen LogP contribution in [-0.4, -0.2) is 36.0 Å². The van der Waals surface area contributed by atoms with E-state index in [1.54, 1.807) is 18.2 Å². The molecule has 0 aliphatic carbocycles. The van der Waals surface area contributed by atoms with Crippen LogP contribution in [0.3, 0.4) is 0 Å². The summed E-state index contributed by atoms with van der Waals surface area (Å²) in [6, 6.07) is 6.28. The monoisotopic (exact) mass is 293 g/mol. The van der Waals surface area contributed by atoms with E-state index in [1.165, 1.54) is 19.4 Å². The van der Waals surface area contributed by atoms with Gasteiger partial charge >= 0.3 is 0 Å². The van der Waals surface area contributed by atoms with Gasteiger partial charge in [-0.1, -0.05) is 11.6 Å². The third-order valence-corrected chi connectivity index (χ3v) is 4.76. The normalized spacial score (nSPS) is 26.2. The number of benzene rings is 1. The molecule has 1 amide bonds. The van der Waals surface area contributed by atoms with E-state index >= 15 is 0 Å². The van der Waals surface area contributed by atoms with Crippen LogP contribution in [0.4, 0.5) is 5.69 Å². The summed E-state index contributed by atoms with van der Waals surface area (Å²) in [4.78, 5) is 13.8. The highest BCUT2D eigenvalue weighted by Gasteiger charge is 2.31. The van der Waals surface area contributed by atoms with Gasteiger partial charge in [-0.15, -0.1) is 0 Å². The van der Waals surface area contributed by atoms with Crippen LogP contribution < -0.4 is 11.1 Å². The van der Waals surface area contributed by atoms with Gasteiger partial charge in [0, 0.05) is 24.2 Å². The van der Waals surface area contributed by atoms with Crippen LogP contribution in [0.15, 0.2) is 18.2 Å². The molecule has 3 N–H and O–H groups in total. The first-order valence-electron chi connectivity index (χ1n) is 7.23. The van der Waals surface area contributed by atoms with E-state index in [1.807, 2.05) is 0 Å². The molecule has 0 radical (unpaired) electrons. The molecule has 1 aromatic carbocycles. The molecule has 2 unspecified atom stereocenters. The molecule has 2 saturated heterocycles. The average molecular weight is 294 g/mol. The van der Waals surface area contributed by atoms with Gasteiger partial charge < -0.3 is 16.0 Å². The number of amides is 1. The SMILES string of the molecule is NC(=O)c1ccc(Cl)c(NC2CCN3CCCC3C2)c1. The molecule has 2 aliphatic heterocycles. The van der Waals surface area contributed by atoms with Crippen molar-refractivity contribution in [3.05, 3.63) is 28.8 Å². The summed E-state index contributed by atoms with van der Waals surface area (Å²) in [5.41, 5.74) is 6.63. The summed E-state index contributed by atoms with van der Waals surface area (Å²) < 4.78 is 0. The van der Waals surface area contributed by atoms with Crippen LogP contribution in [0.25, 0.3) is 0 Å². The van der Waals surface area contributed by atoms with Crippen molar-refractivity contribution in [1.29, 1.82) is 0 Å². The quantitative estimate of drug-likeness (QED) is 0.900. The molecule has 108 valence electrons. The van der Waals surface area contributed by atoms with Gasteiger partial charge in [0.05, 0.1) is 10.7 Å². The maximum atomic E-state index is 11.3. The fourth-order valence-electron chi connectivity index (χ4n) is 3.36. The number of hydrogen-bond donors (Lipinski definition) is 2. The molecule has 0 saturated carbocycles. The molecular weight excluding hydrogens is 274 g/mol. The second-order valence-electron chi connectivity index (χ2n) is 5.76. The maximum Gasteiger partial charge on any atom is 0.248 e. The minimum Gasteiger partial charge on any atom is -0.381 e. The van der Waals surface area contributed by atoms with Gasteiger partial charge in [0.1, 0.15) is 0 Å². The molecule has 2 aliphatic rings. The number of nitrogens with one attached hydrogen (secondary N) is 1. The summed E-state index contributed by atoms with van der Waals surface area (Å²) in [7, 11) is 0. The maximum absolute atomic E-state index is 11.3. The zero-order chi connectivity index (χ0) is 14.1. The van der Waals surface area contributed by atoms with Crippen LogP contribution in [0.2, 0.25) is 5.02 Å². The van der Waals surface area contributed by atoms with Gasteiger partial charge in [0.2, 0.25) is 5.91 Å². The second kappa shape index (κ2) is 5.62. The summed E-state index contributed by atoms with van der Waals surface area (Å²) in [5, 5.41) is 4.13. The lowest BCUT2D eigenvalue weighted by Crippen LogP contribution is -2.42. The Hall–Kier alpha value is -1.26. The van der Waals surface area contributed by atoms with Crippen molar-refractivity contribution in [1.82, 2.24) is 4.90 Å².